The van der Waals surface area contributed by atoms with E-state index in [9.17, 15) is 0 Å². The van der Waals surface area contributed by atoms with Gasteiger partial charge in [0, 0.05) is 23.5 Å². The van der Waals surface area contributed by atoms with Gasteiger partial charge in [-0.25, -0.2) is 19.6 Å². The second-order valence-corrected chi connectivity index (χ2v) is 6.44. The molecule has 126 valence electrons. The molecule has 0 bridgehead atoms. The van der Waals surface area contributed by atoms with Crippen LogP contribution < -0.4 is 0 Å². The number of hydrogen-bond acceptors (Lipinski definition) is 4. The van der Waals surface area contributed by atoms with Gasteiger partial charge in [-0.15, -0.1) is 0 Å². The van der Waals surface area contributed by atoms with Crippen LogP contribution in [0.4, 0.5) is 0 Å². The fourth-order valence-corrected chi connectivity index (χ4v) is 3.57. The summed E-state index contributed by atoms with van der Waals surface area (Å²) in [5.74, 6) is 1.60. The summed E-state index contributed by atoms with van der Waals surface area (Å²) in [6.45, 7) is 2.04. The number of fused-ring (bicyclic) bond motifs is 3. The maximum absolute atomic E-state index is 4.91. The highest BCUT2D eigenvalue weighted by atomic mass is 15.3. The van der Waals surface area contributed by atoms with E-state index in [4.69, 9.17) is 10.1 Å². The molecule has 1 aliphatic carbocycles. The normalized spacial score (nSPS) is 12.5. The van der Waals surface area contributed by atoms with Crippen LogP contribution in [0.15, 0.2) is 60.9 Å². The lowest BCUT2D eigenvalue weighted by atomic mass is 9.93. The van der Waals surface area contributed by atoms with Crippen molar-refractivity contribution < 1.29 is 0 Å². The fourth-order valence-electron chi connectivity index (χ4n) is 3.57. The third-order valence-corrected chi connectivity index (χ3v) is 4.79. The smallest absolute Gasteiger partial charge is 0.159 e. The van der Waals surface area contributed by atoms with Gasteiger partial charge in [0.25, 0.3) is 0 Å². The van der Waals surface area contributed by atoms with Crippen molar-refractivity contribution in [1.82, 2.24) is 24.7 Å². The third-order valence-electron chi connectivity index (χ3n) is 4.79. The van der Waals surface area contributed by atoms with Gasteiger partial charge in [-0.1, -0.05) is 36.4 Å². The van der Waals surface area contributed by atoms with E-state index in [1.165, 1.54) is 11.3 Å². The second-order valence-electron chi connectivity index (χ2n) is 6.44. The predicted molar refractivity (Wildman–Crippen MR) is 100.0 cm³/mol. The van der Waals surface area contributed by atoms with Crippen LogP contribution in [-0.4, -0.2) is 24.7 Å². The van der Waals surface area contributed by atoms with Crippen LogP contribution in [0, 0.1) is 6.92 Å². The molecule has 5 nitrogen and oxygen atoms in total. The Morgan fingerprint density at radius 3 is 2.58 bits per heavy atom. The first kappa shape index (κ1) is 15.0. The molecule has 0 atom stereocenters. The lowest BCUT2D eigenvalue weighted by Gasteiger charge is -2.17. The molecule has 0 fully saturated rings. The van der Waals surface area contributed by atoms with Crippen LogP contribution in [0.3, 0.4) is 0 Å². The molecule has 1 aliphatic rings. The highest BCUT2D eigenvalue weighted by Crippen LogP contribution is 2.36. The van der Waals surface area contributed by atoms with Crippen LogP contribution >= 0.6 is 0 Å². The second kappa shape index (κ2) is 5.88. The molecule has 0 saturated carbocycles. The summed E-state index contributed by atoms with van der Waals surface area (Å²) in [5.41, 5.74) is 6.48. The monoisotopic (exact) mass is 339 g/mol. The largest absolute Gasteiger partial charge is 0.237 e. The first-order valence-corrected chi connectivity index (χ1v) is 8.73. The number of benzene rings is 1. The molecule has 5 rings (SSSR count). The summed E-state index contributed by atoms with van der Waals surface area (Å²) in [6, 6.07) is 16.0. The van der Waals surface area contributed by atoms with Crippen molar-refractivity contribution in [2.45, 2.75) is 19.8 Å². The van der Waals surface area contributed by atoms with Crippen molar-refractivity contribution in [3.8, 4) is 28.5 Å². The van der Waals surface area contributed by atoms with E-state index >= 15 is 0 Å². The van der Waals surface area contributed by atoms with Gasteiger partial charge in [0.05, 0.1) is 17.1 Å². The summed E-state index contributed by atoms with van der Waals surface area (Å²) in [6.07, 6.45) is 5.58. The average molecular weight is 339 g/mol. The Hall–Kier alpha value is -3.34. The van der Waals surface area contributed by atoms with E-state index in [1.54, 1.807) is 6.20 Å². The zero-order chi connectivity index (χ0) is 17.5. The molecule has 5 heteroatoms. The number of rotatable bonds is 2. The Kier molecular flexibility index (Phi) is 3.38. The molecule has 0 aliphatic heterocycles. The van der Waals surface area contributed by atoms with E-state index in [0.29, 0.717) is 0 Å². The maximum Gasteiger partial charge on any atom is 0.159 e. The zero-order valence-electron chi connectivity index (χ0n) is 14.4. The highest BCUT2D eigenvalue weighted by Gasteiger charge is 2.26. The number of hydrogen-bond donors (Lipinski definition) is 0. The topological polar surface area (TPSA) is 56.5 Å². The first-order chi connectivity index (χ1) is 12.8. The van der Waals surface area contributed by atoms with Crippen molar-refractivity contribution >= 4 is 0 Å². The predicted octanol–water partition coefficient (Wildman–Crippen LogP) is 3.80. The van der Waals surface area contributed by atoms with Crippen LogP contribution in [0.25, 0.3) is 28.5 Å². The quantitative estimate of drug-likeness (QED) is 0.557. The Bertz CT molecular complexity index is 1080. The fraction of sp³-hybridized carbons (Fsp3) is 0.143. The molecule has 4 aromatic rings. The Morgan fingerprint density at radius 1 is 0.923 bits per heavy atom. The molecule has 0 saturated heterocycles. The molecule has 1 aromatic carbocycles. The molecule has 3 aromatic heterocycles. The minimum atomic E-state index is 0.752. The number of nitrogens with zero attached hydrogens (tertiary/aromatic N) is 5. The first-order valence-electron chi connectivity index (χ1n) is 8.73. The zero-order valence-corrected chi connectivity index (χ0v) is 14.4. The average Bonchev–Trinajstić information content (AvgIpc) is 3.06. The van der Waals surface area contributed by atoms with Crippen LogP contribution in [0.5, 0.6) is 0 Å². The number of aromatic nitrogens is 5. The third kappa shape index (κ3) is 2.32. The Balaban J connectivity index is 1.69. The SMILES string of the molecule is Cc1nn(-c2ccccn2)c2c1-c1nc(-c3ccccc3)ncc1CC2. The van der Waals surface area contributed by atoms with Crippen LogP contribution in [0.1, 0.15) is 17.0 Å². The molecule has 0 amide bonds. The van der Waals surface area contributed by atoms with Crippen molar-refractivity contribution in [2.24, 2.45) is 0 Å². The van der Waals surface area contributed by atoms with Gasteiger partial charge in [-0.2, -0.15) is 5.10 Å². The molecular weight excluding hydrogens is 322 g/mol. The summed E-state index contributed by atoms with van der Waals surface area (Å²) >= 11 is 0. The number of pyridine rings is 1. The van der Waals surface area contributed by atoms with E-state index in [1.807, 2.05) is 66.3 Å². The molecule has 3 heterocycles. The van der Waals surface area contributed by atoms with E-state index in [2.05, 4.69) is 9.97 Å². The molecule has 26 heavy (non-hydrogen) atoms. The minimum absolute atomic E-state index is 0.752. The van der Waals surface area contributed by atoms with Gasteiger partial charge in [0.2, 0.25) is 0 Å². The van der Waals surface area contributed by atoms with Gasteiger partial charge < -0.3 is 0 Å². The standard InChI is InChI=1S/C21H17N5/c1-14-19-17(26(25-14)18-9-5-6-12-22-18)11-10-16-13-23-21(24-20(16)19)15-7-3-2-4-8-15/h2-9,12-13H,10-11H2,1H3. The van der Waals surface area contributed by atoms with Crippen molar-refractivity contribution in [3.05, 3.63) is 77.9 Å². The van der Waals surface area contributed by atoms with Crippen LogP contribution in [0.2, 0.25) is 0 Å². The van der Waals surface area contributed by atoms with Gasteiger partial charge in [0.1, 0.15) is 0 Å². The van der Waals surface area contributed by atoms with Gasteiger partial charge >= 0.3 is 0 Å². The van der Waals surface area contributed by atoms with E-state index < -0.39 is 0 Å². The highest BCUT2D eigenvalue weighted by molar-refractivity contribution is 5.73. The Labute approximate surface area is 151 Å². The van der Waals surface area contributed by atoms with Gasteiger partial charge in [0.15, 0.2) is 11.6 Å². The number of aryl methyl sites for hydroxylation is 2. The van der Waals surface area contributed by atoms with Crippen molar-refractivity contribution in [3.63, 3.8) is 0 Å². The molecule has 0 spiro atoms. The van der Waals surface area contributed by atoms with Crippen LogP contribution in [-0.2, 0) is 12.8 Å². The van der Waals surface area contributed by atoms with Gasteiger partial charge in [-0.3, -0.25) is 0 Å². The molecular formula is C21H17N5. The molecule has 0 unspecified atom stereocenters. The van der Waals surface area contributed by atoms with E-state index in [-0.39, 0.29) is 0 Å². The minimum Gasteiger partial charge on any atom is -0.237 e. The molecule has 0 radical (unpaired) electrons. The summed E-state index contributed by atoms with van der Waals surface area (Å²) in [7, 11) is 0. The summed E-state index contributed by atoms with van der Waals surface area (Å²) in [5, 5.41) is 4.76. The molecule has 0 N–H and O–H groups in total. The maximum atomic E-state index is 4.91. The Morgan fingerprint density at radius 2 is 1.77 bits per heavy atom. The summed E-state index contributed by atoms with van der Waals surface area (Å²) < 4.78 is 1.96. The summed E-state index contributed by atoms with van der Waals surface area (Å²) in [4.78, 5) is 13.9. The lowest BCUT2D eigenvalue weighted by Crippen LogP contribution is -2.11. The van der Waals surface area contributed by atoms with Crippen molar-refractivity contribution in [1.29, 1.82) is 0 Å². The van der Waals surface area contributed by atoms with Gasteiger partial charge in [-0.05, 0) is 37.5 Å². The van der Waals surface area contributed by atoms with E-state index in [0.717, 1.165) is 47.0 Å². The van der Waals surface area contributed by atoms with Crippen molar-refractivity contribution in [2.75, 3.05) is 0 Å². The lowest BCUT2D eigenvalue weighted by molar-refractivity contribution is 0.754.